The fourth-order valence-corrected chi connectivity index (χ4v) is 3.02. The van der Waals surface area contributed by atoms with Crippen LogP contribution in [0.3, 0.4) is 0 Å². The zero-order valence-electron chi connectivity index (χ0n) is 17.7. The SMILES string of the molecule is CC.COc1ccc(Cn2nc(C(F)(F)F)nc2-c2nc3cc(F)c(F)cn3c2C)cc1. The molecule has 4 rings (SSSR count). The molecule has 0 spiro atoms. The van der Waals surface area contributed by atoms with Crippen LogP contribution in [-0.2, 0) is 12.7 Å². The molecule has 0 aliphatic rings. The monoisotopic (exact) mass is 453 g/mol. The molecule has 3 heterocycles. The van der Waals surface area contributed by atoms with E-state index in [9.17, 15) is 22.0 Å². The van der Waals surface area contributed by atoms with Gasteiger partial charge in [0, 0.05) is 12.3 Å². The number of rotatable bonds is 4. The van der Waals surface area contributed by atoms with Crippen molar-refractivity contribution in [3.05, 3.63) is 65.2 Å². The summed E-state index contributed by atoms with van der Waals surface area (Å²) in [7, 11) is 1.50. The number of methoxy groups -OCH3 is 1. The van der Waals surface area contributed by atoms with Gasteiger partial charge in [0.2, 0.25) is 0 Å². The third-order valence-electron chi connectivity index (χ3n) is 4.53. The highest BCUT2D eigenvalue weighted by Crippen LogP contribution is 2.31. The van der Waals surface area contributed by atoms with Gasteiger partial charge >= 0.3 is 6.18 Å². The highest BCUT2D eigenvalue weighted by Gasteiger charge is 2.38. The second-order valence-electron chi connectivity index (χ2n) is 6.51. The number of ether oxygens (including phenoxy) is 1. The van der Waals surface area contributed by atoms with Crippen LogP contribution in [0.2, 0.25) is 0 Å². The van der Waals surface area contributed by atoms with Crippen LogP contribution >= 0.6 is 0 Å². The maximum atomic E-state index is 13.6. The van der Waals surface area contributed by atoms with Crippen molar-refractivity contribution in [2.24, 2.45) is 0 Å². The van der Waals surface area contributed by atoms with Gasteiger partial charge in [-0.1, -0.05) is 26.0 Å². The van der Waals surface area contributed by atoms with Crippen LogP contribution < -0.4 is 4.74 Å². The molecule has 170 valence electrons. The topological polar surface area (TPSA) is 57.2 Å². The maximum absolute atomic E-state index is 13.6. The van der Waals surface area contributed by atoms with Crippen LogP contribution in [0.25, 0.3) is 17.2 Å². The fourth-order valence-electron chi connectivity index (χ4n) is 3.02. The smallest absolute Gasteiger partial charge is 0.453 e. The van der Waals surface area contributed by atoms with E-state index in [2.05, 4.69) is 15.1 Å². The summed E-state index contributed by atoms with van der Waals surface area (Å²) < 4.78 is 74.3. The van der Waals surface area contributed by atoms with E-state index in [4.69, 9.17) is 4.74 Å². The normalized spacial score (nSPS) is 11.4. The Bertz CT molecular complexity index is 1230. The molecule has 4 aromatic rings. The number of hydrogen-bond acceptors (Lipinski definition) is 4. The van der Waals surface area contributed by atoms with Gasteiger partial charge in [-0.3, -0.25) is 0 Å². The lowest BCUT2D eigenvalue weighted by Crippen LogP contribution is -2.09. The highest BCUT2D eigenvalue weighted by atomic mass is 19.4. The van der Waals surface area contributed by atoms with Crippen LogP contribution in [0.4, 0.5) is 22.0 Å². The molecule has 0 bridgehead atoms. The molecule has 0 saturated carbocycles. The fraction of sp³-hybridized carbons (Fsp3) is 0.286. The number of pyridine rings is 1. The second-order valence-corrected chi connectivity index (χ2v) is 6.51. The first kappa shape index (κ1) is 23.2. The Balaban J connectivity index is 0.00000141. The minimum absolute atomic E-state index is 0.0293. The number of alkyl halides is 3. The lowest BCUT2D eigenvalue weighted by molar-refractivity contribution is -0.144. The molecule has 11 heteroatoms. The molecule has 0 aliphatic carbocycles. The Morgan fingerprint density at radius 2 is 1.66 bits per heavy atom. The highest BCUT2D eigenvalue weighted by molar-refractivity contribution is 5.60. The van der Waals surface area contributed by atoms with Gasteiger partial charge < -0.3 is 9.14 Å². The summed E-state index contributed by atoms with van der Waals surface area (Å²) in [4.78, 5) is 7.78. The van der Waals surface area contributed by atoms with Crippen LogP contribution in [0.15, 0.2) is 36.5 Å². The Hall–Kier alpha value is -3.50. The van der Waals surface area contributed by atoms with Crippen molar-refractivity contribution < 1.29 is 26.7 Å². The van der Waals surface area contributed by atoms with Crippen molar-refractivity contribution in [2.45, 2.75) is 33.5 Å². The van der Waals surface area contributed by atoms with E-state index >= 15 is 0 Å². The summed E-state index contributed by atoms with van der Waals surface area (Å²) in [5, 5.41) is 3.59. The zero-order chi connectivity index (χ0) is 23.6. The first-order valence-electron chi connectivity index (χ1n) is 9.66. The van der Waals surface area contributed by atoms with Crippen LogP contribution in [-0.4, -0.2) is 31.3 Å². The van der Waals surface area contributed by atoms with Gasteiger partial charge in [-0.15, -0.1) is 5.10 Å². The average Bonchev–Trinajstić information content (AvgIpc) is 3.32. The second kappa shape index (κ2) is 8.93. The summed E-state index contributed by atoms with van der Waals surface area (Å²) in [5.74, 6) is -3.13. The molecule has 0 radical (unpaired) electrons. The minimum atomic E-state index is -4.77. The molecule has 0 fully saturated rings. The lowest BCUT2D eigenvalue weighted by Gasteiger charge is -2.06. The van der Waals surface area contributed by atoms with Crippen molar-refractivity contribution in [1.82, 2.24) is 24.1 Å². The first-order valence-corrected chi connectivity index (χ1v) is 9.66. The largest absolute Gasteiger partial charge is 0.497 e. The molecule has 0 unspecified atom stereocenters. The van der Waals surface area contributed by atoms with Gasteiger partial charge in [0.25, 0.3) is 5.82 Å². The number of aryl methyl sites for hydroxylation is 1. The third-order valence-corrected chi connectivity index (χ3v) is 4.53. The number of nitrogens with zero attached hydrogens (tertiary/aromatic N) is 5. The summed E-state index contributed by atoms with van der Waals surface area (Å²) in [5.41, 5.74) is 1.01. The molecular weight excluding hydrogens is 433 g/mol. The molecule has 32 heavy (non-hydrogen) atoms. The summed E-state index contributed by atoms with van der Waals surface area (Å²) in [6.07, 6.45) is -3.89. The molecule has 0 N–H and O–H groups in total. The molecular formula is C21H20F5N5O. The number of aromatic nitrogens is 5. The van der Waals surface area contributed by atoms with Crippen molar-refractivity contribution in [1.29, 1.82) is 0 Å². The van der Waals surface area contributed by atoms with E-state index in [-0.39, 0.29) is 23.7 Å². The van der Waals surface area contributed by atoms with Crippen LogP contribution in [0.1, 0.15) is 30.9 Å². The molecule has 0 saturated heterocycles. The van der Waals surface area contributed by atoms with E-state index in [1.165, 1.54) is 18.4 Å². The zero-order valence-corrected chi connectivity index (χ0v) is 17.7. The predicted octanol–water partition coefficient (Wildman–Crippen LogP) is 5.28. The number of hydrogen-bond donors (Lipinski definition) is 0. The van der Waals surface area contributed by atoms with Gasteiger partial charge in [0.05, 0.1) is 19.3 Å². The maximum Gasteiger partial charge on any atom is 0.453 e. The molecule has 1 aromatic carbocycles. The Labute approximate surface area is 180 Å². The van der Waals surface area contributed by atoms with Crippen LogP contribution in [0, 0.1) is 18.6 Å². The molecule has 0 amide bonds. The van der Waals surface area contributed by atoms with E-state index in [0.29, 0.717) is 17.0 Å². The van der Waals surface area contributed by atoms with E-state index < -0.39 is 23.6 Å². The summed E-state index contributed by atoms with van der Waals surface area (Å²) >= 11 is 0. The number of benzene rings is 1. The molecule has 6 nitrogen and oxygen atoms in total. The quantitative estimate of drug-likeness (QED) is 0.395. The Kier molecular flexibility index (Phi) is 6.47. The molecule has 0 aliphatic heterocycles. The number of fused-ring (bicyclic) bond motifs is 1. The van der Waals surface area contributed by atoms with E-state index in [1.807, 2.05) is 13.8 Å². The van der Waals surface area contributed by atoms with Crippen molar-refractivity contribution >= 4 is 5.65 Å². The van der Waals surface area contributed by atoms with Crippen molar-refractivity contribution in [2.75, 3.05) is 7.11 Å². The van der Waals surface area contributed by atoms with Crippen molar-refractivity contribution in [3.63, 3.8) is 0 Å². The minimum Gasteiger partial charge on any atom is -0.497 e. The average molecular weight is 453 g/mol. The summed E-state index contributed by atoms with van der Waals surface area (Å²) in [6.45, 7) is 5.49. The molecule has 0 atom stereocenters. The molecule has 3 aromatic heterocycles. The Morgan fingerprint density at radius 3 is 2.25 bits per heavy atom. The van der Waals surface area contributed by atoms with Gasteiger partial charge in [0.1, 0.15) is 17.1 Å². The summed E-state index contributed by atoms with van der Waals surface area (Å²) in [6, 6.07) is 7.55. The lowest BCUT2D eigenvalue weighted by atomic mass is 10.2. The van der Waals surface area contributed by atoms with Gasteiger partial charge in [-0.25, -0.2) is 23.4 Å². The number of halogens is 5. The van der Waals surface area contributed by atoms with Gasteiger partial charge in [-0.2, -0.15) is 13.2 Å². The van der Waals surface area contributed by atoms with Crippen LogP contribution in [0.5, 0.6) is 5.75 Å². The third kappa shape index (κ3) is 4.41. The Morgan fingerprint density at radius 1 is 1.00 bits per heavy atom. The van der Waals surface area contributed by atoms with Crippen molar-refractivity contribution in [3.8, 4) is 17.3 Å². The van der Waals surface area contributed by atoms with E-state index in [1.54, 1.807) is 24.3 Å². The first-order chi connectivity index (χ1) is 15.2. The standard InChI is InChI=1S/C19H14F5N5O.C2H6/c1-10-16(25-15-7-13(20)14(21)9-28(10)15)17-26-18(19(22,23)24)27-29(17)8-11-3-5-12(30-2)6-4-11;1-2/h3-7,9H,8H2,1-2H3;1-2H3. The van der Waals surface area contributed by atoms with E-state index in [0.717, 1.165) is 16.9 Å². The van der Waals surface area contributed by atoms with Gasteiger partial charge in [0.15, 0.2) is 17.5 Å². The predicted molar refractivity (Wildman–Crippen MR) is 107 cm³/mol. The number of imidazole rings is 1. The van der Waals surface area contributed by atoms with Gasteiger partial charge in [-0.05, 0) is 24.6 Å².